The summed E-state index contributed by atoms with van der Waals surface area (Å²) in [5, 5.41) is 0. The van der Waals surface area contributed by atoms with Gasteiger partial charge in [-0.1, -0.05) is 69.9 Å². The van der Waals surface area contributed by atoms with E-state index in [4.69, 9.17) is 4.74 Å². The summed E-state index contributed by atoms with van der Waals surface area (Å²) in [7, 11) is 0. The number of hydrogen-bond acceptors (Lipinski definition) is 2. The minimum absolute atomic E-state index is 0.224. The first-order valence-corrected chi connectivity index (χ1v) is 8.57. The van der Waals surface area contributed by atoms with Crippen molar-refractivity contribution in [2.24, 2.45) is 0 Å². The summed E-state index contributed by atoms with van der Waals surface area (Å²) in [4.78, 5) is 10.9. The second kappa shape index (κ2) is 11.1. The van der Waals surface area contributed by atoms with Crippen LogP contribution >= 0.6 is 0 Å². The van der Waals surface area contributed by atoms with Crippen molar-refractivity contribution in [2.75, 3.05) is 6.61 Å². The number of rotatable bonds is 10. The van der Waals surface area contributed by atoms with Gasteiger partial charge in [-0.15, -0.1) is 0 Å². The Morgan fingerprint density at radius 1 is 1.05 bits per heavy atom. The van der Waals surface area contributed by atoms with Crippen molar-refractivity contribution in [2.45, 2.75) is 65.7 Å². The van der Waals surface area contributed by atoms with Gasteiger partial charge in [-0.05, 0) is 36.0 Å². The number of carbonyl (C=O) groups is 1. The Bertz CT molecular complexity index is 457. The number of ether oxygens (including phenoxy) is 1. The third-order valence-corrected chi connectivity index (χ3v) is 3.83. The van der Waals surface area contributed by atoms with Crippen LogP contribution in [0, 0.1) is 0 Å². The number of hydrogen-bond donors (Lipinski definition) is 0. The lowest BCUT2D eigenvalue weighted by Gasteiger charge is -2.06. The molecule has 0 bridgehead atoms. The fourth-order valence-electron chi connectivity index (χ4n) is 2.39. The molecule has 0 spiro atoms. The first-order chi connectivity index (χ1) is 10.7. The van der Waals surface area contributed by atoms with Crippen molar-refractivity contribution in [3.8, 4) is 0 Å². The molecule has 0 heterocycles. The van der Waals surface area contributed by atoms with Crippen molar-refractivity contribution in [1.82, 2.24) is 0 Å². The molecule has 0 aromatic heterocycles. The normalized spacial score (nSPS) is 11.5. The van der Waals surface area contributed by atoms with Gasteiger partial charge in [0, 0.05) is 6.92 Å². The molecule has 0 unspecified atom stereocenters. The van der Waals surface area contributed by atoms with Gasteiger partial charge in [0.05, 0.1) is 0 Å². The molecule has 22 heavy (non-hydrogen) atoms. The molecule has 122 valence electrons. The highest BCUT2D eigenvalue weighted by atomic mass is 16.5. The summed E-state index contributed by atoms with van der Waals surface area (Å²) >= 11 is 0. The van der Waals surface area contributed by atoms with E-state index in [1.54, 1.807) is 0 Å². The van der Waals surface area contributed by atoms with Gasteiger partial charge in [0.2, 0.25) is 0 Å². The SMILES string of the molecule is CCCCCCCc1ccc(/C=C(\CC)COC(C)=O)cc1. The maximum Gasteiger partial charge on any atom is 0.302 e. The predicted molar refractivity (Wildman–Crippen MR) is 93.8 cm³/mol. The topological polar surface area (TPSA) is 26.3 Å². The summed E-state index contributed by atoms with van der Waals surface area (Å²) in [6.07, 6.45) is 10.8. The minimum atomic E-state index is -0.224. The average Bonchev–Trinajstić information content (AvgIpc) is 2.52. The molecule has 0 saturated carbocycles. The molecule has 2 heteroatoms. The minimum Gasteiger partial charge on any atom is -0.461 e. The number of aryl methyl sites for hydroxylation is 1. The molecule has 2 nitrogen and oxygen atoms in total. The Kier molecular flexibility index (Phi) is 9.29. The number of benzene rings is 1. The van der Waals surface area contributed by atoms with Crippen molar-refractivity contribution in [3.63, 3.8) is 0 Å². The van der Waals surface area contributed by atoms with E-state index in [-0.39, 0.29) is 5.97 Å². The third kappa shape index (κ3) is 8.02. The zero-order valence-electron chi connectivity index (χ0n) is 14.4. The highest BCUT2D eigenvalue weighted by Gasteiger charge is 2.00. The van der Waals surface area contributed by atoms with E-state index in [0.717, 1.165) is 12.0 Å². The van der Waals surface area contributed by atoms with Gasteiger partial charge in [-0.3, -0.25) is 4.79 Å². The van der Waals surface area contributed by atoms with Gasteiger partial charge in [0.15, 0.2) is 0 Å². The standard InChI is InChI=1S/C20H30O2/c1-4-6-7-8-9-10-19-11-13-20(14-12-19)15-18(5-2)16-22-17(3)21/h11-15H,4-10,16H2,1-3H3/b18-15+. The number of unbranched alkanes of at least 4 members (excludes halogenated alkanes) is 4. The molecule has 0 atom stereocenters. The molecule has 0 aliphatic heterocycles. The van der Waals surface area contributed by atoms with Crippen LogP contribution in [0.3, 0.4) is 0 Å². The number of carbonyl (C=O) groups excluding carboxylic acids is 1. The van der Waals surface area contributed by atoms with Crippen LogP contribution in [0.2, 0.25) is 0 Å². The van der Waals surface area contributed by atoms with E-state index in [1.165, 1.54) is 56.6 Å². The second-order valence-electron chi connectivity index (χ2n) is 5.84. The lowest BCUT2D eigenvalue weighted by molar-refractivity contribution is -0.139. The monoisotopic (exact) mass is 302 g/mol. The fourth-order valence-corrected chi connectivity index (χ4v) is 2.39. The molecule has 0 radical (unpaired) electrons. The Labute approximate surface area is 135 Å². The molecule has 0 aliphatic carbocycles. The molecule has 0 saturated heterocycles. The van der Waals surface area contributed by atoms with Crippen LogP contribution in [-0.4, -0.2) is 12.6 Å². The first-order valence-electron chi connectivity index (χ1n) is 8.57. The van der Waals surface area contributed by atoms with Gasteiger partial charge in [0.25, 0.3) is 0 Å². The summed E-state index contributed by atoms with van der Waals surface area (Å²) in [6, 6.07) is 8.74. The van der Waals surface area contributed by atoms with E-state index in [9.17, 15) is 4.79 Å². The van der Waals surface area contributed by atoms with Gasteiger partial charge in [-0.2, -0.15) is 0 Å². The van der Waals surface area contributed by atoms with Crippen LogP contribution in [-0.2, 0) is 16.0 Å². The van der Waals surface area contributed by atoms with Crippen molar-refractivity contribution in [1.29, 1.82) is 0 Å². The van der Waals surface area contributed by atoms with Crippen molar-refractivity contribution in [3.05, 3.63) is 41.0 Å². The van der Waals surface area contributed by atoms with E-state index >= 15 is 0 Å². The smallest absolute Gasteiger partial charge is 0.302 e. The highest BCUT2D eigenvalue weighted by Crippen LogP contribution is 2.14. The second-order valence-corrected chi connectivity index (χ2v) is 5.84. The Hall–Kier alpha value is -1.57. The lowest BCUT2D eigenvalue weighted by Crippen LogP contribution is -2.02. The van der Waals surface area contributed by atoms with Crippen LogP contribution in [0.15, 0.2) is 29.8 Å². The van der Waals surface area contributed by atoms with Crippen molar-refractivity contribution >= 4 is 12.0 Å². The average molecular weight is 302 g/mol. The van der Waals surface area contributed by atoms with Gasteiger partial charge in [0.1, 0.15) is 6.61 Å². The van der Waals surface area contributed by atoms with E-state index in [0.29, 0.717) is 6.61 Å². The van der Waals surface area contributed by atoms with Crippen molar-refractivity contribution < 1.29 is 9.53 Å². The summed E-state index contributed by atoms with van der Waals surface area (Å²) in [5.74, 6) is -0.224. The quantitative estimate of drug-likeness (QED) is 0.418. The fraction of sp³-hybridized carbons (Fsp3) is 0.550. The first kappa shape index (κ1) is 18.5. The van der Waals surface area contributed by atoms with Gasteiger partial charge >= 0.3 is 5.97 Å². The van der Waals surface area contributed by atoms with Crippen LogP contribution in [0.4, 0.5) is 0 Å². The van der Waals surface area contributed by atoms with E-state index in [2.05, 4.69) is 44.2 Å². The zero-order valence-corrected chi connectivity index (χ0v) is 14.4. The summed E-state index contributed by atoms with van der Waals surface area (Å²) in [5.41, 5.74) is 3.73. The van der Waals surface area contributed by atoms with Crippen LogP contribution in [0.5, 0.6) is 0 Å². The Morgan fingerprint density at radius 3 is 2.32 bits per heavy atom. The molecule has 0 fully saturated rings. The lowest BCUT2D eigenvalue weighted by atomic mass is 10.0. The van der Waals surface area contributed by atoms with Crippen LogP contribution in [0.1, 0.15) is 70.4 Å². The van der Waals surface area contributed by atoms with E-state index in [1.807, 2.05) is 0 Å². The third-order valence-electron chi connectivity index (χ3n) is 3.83. The van der Waals surface area contributed by atoms with Gasteiger partial charge in [-0.25, -0.2) is 0 Å². The van der Waals surface area contributed by atoms with Crippen LogP contribution < -0.4 is 0 Å². The summed E-state index contributed by atoms with van der Waals surface area (Å²) < 4.78 is 5.07. The van der Waals surface area contributed by atoms with Crippen LogP contribution in [0.25, 0.3) is 6.08 Å². The molecule has 0 amide bonds. The van der Waals surface area contributed by atoms with E-state index < -0.39 is 0 Å². The molecule has 1 aromatic carbocycles. The Balaban J connectivity index is 2.47. The highest BCUT2D eigenvalue weighted by molar-refractivity contribution is 5.66. The molecular weight excluding hydrogens is 272 g/mol. The maximum atomic E-state index is 10.9. The largest absolute Gasteiger partial charge is 0.461 e. The number of esters is 1. The summed E-state index contributed by atoms with van der Waals surface area (Å²) in [6.45, 7) is 6.17. The molecule has 1 aromatic rings. The molecule has 1 rings (SSSR count). The predicted octanol–water partition coefficient (Wildman–Crippen LogP) is 5.56. The maximum absolute atomic E-state index is 10.9. The van der Waals surface area contributed by atoms with Gasteiger partial charge < -0.3 is 4.74 Å². The molecule has 0 N–H and O–H groups in total. The zero-order chi connectivity index (χ0) is 16.2. The molecule has 0 aliphatic rings. The molecular formula is C20H30O2. The Morgan fingerprint density at radius 2 is 1.73 bits per heavy atom.